The van der Waals surface area contributed by atoms with Crippen molar-refractivity contribution in [2.45, 2.75) is 12.5 Å². The maximum atomic E-state index is 6.34. The Morgan fingerprint density at radius 2 is 1.95 bits per heavy atom. The van der Waals surface area contributed by atoms with Crippen molar-refractivity contribution in [2.24, 2.45) is 5.92 Å². The SMILES string of the molecule is COc1cc(Cl)ccc1O[C@@H](c1ccccc1)[C@H]1CCNC1. The molecule has 0 amide bonds. The number of nitrogens with one attached hydrogen (secondary N) is 1. The Kier molecular flexibility index (Phi) is 4.86. The lowest BCUT2D eigenvalue weighted by atomic mass is 9.95. The molecule has 0 saturated carbocycles. The van der Waals surface area contributed by atoms with Gasteiger partial charge in [-0.1, -0.05) is 41.9 Å². The van der Waals surface area contributed by atoms with Crippen molar-refractivity contribution in [1.82, 2.24) is 5.32 Å². The second-order valence-corrected chi connectivity index (χ2v) is 5.93. The molecule has 22 heavy (non-hydrogen) atoms. The summed E-state index contributed by atoms with van der Waals surface area (Å²) < 4.78 is 11.7. The molecule has 0 unspecified atom stereocenters. The minimum absolute atomic E-state index is 0.00581. The summed E-state index contributed by atoms with van der Waals surface area (Å²) in [6.07, 6.45) is 1.11. The van der Waals surface area contributed by atoms with Crippen molar-refractivity contribution >= 4 is 11.6 Å². The highest BCUT2D eigenvalue weighted by Gasteiger charge is 2.28. The van der Waals surface area contributed by atoms with Gasteiger partial charge in [-0.3, -0.25) is 0 Å². The molecule has 116 valence electrons. The fraction of sp³-hybridized carbons (Fsp3) is 0.333. The van der Waals surface area contributed by atoms with E-state index in [1.54, 1.807) is 13.2 Å². The third kappa shape index (κ3) is 3.37. The zero-order valence-corrected chi connectivity index (χ0v) is 13.3. The standard InChI is InChI=1S/C18H20ClNO2/c1-21-17-11-15(19)7-8-16(17)22-18(14-9-10-20-12-14)13-5-3-2-4-6-13/h2-8,11,14,18,20H,9-10,12H2,1H3/t14-,18-/m0/s1. The summed E-state index contributed by atoms with van der Waals surface area (Å²) in [5.74, 6) is 1.84. The van der Waals surface area contributed by atoms with Crippen LogP contribution in [0, 0.1) is 5.92 Å². The first kappa shape index (κ1) is 15.2. The van der Waals surface area contributed by atoms with E-state index in [1.165, 1.54) is 5.56 Å². The highest BCUT2D eigenvalue weighted by molar-refractivity contribution is 6.30. The molecule has 2 aromatic carbocycles. The molecule has 3 nitrogen and oxygen atoms in total. The first-order valence-corrected chi connectivity index (χ1v) is 7.91. The molecule has 4 heteroatoms. The molecule has 0 aliphatic carbocycles. The normalized spacial score (nSPS) is 18.9. The van der Waals surface area contributed by atoms with Gasteiger partial charge in [0.15, 0.2) is 11.5 Å². The van der Waals surface area contributed by atoms with Crippen molar-refractivity contribution in [2.75, 3.05) is 20.2 Å². The second-order valence-electron chi connectivity index (χ2n) is 5.50. The smallest absolute Gasteiger partial charge is 0.162 e. The van der Waals surface area contributed by atoms with E-state index in [9.17, 15) is 0 Å². The van der Waals surface area contributed by atoms with Gasteiger partial charge in [-0.15, -0.1) is 0 Å². The number of rotatable bonds is 5. The number of hydrogen-bond acceptors (Lipinski definition) is 3. The molecule has 1 aliphatic heterocycles. The third-order valence-corrected chi connectivity index (χ3v) is 4.27. The minimum atomic E-state index is 0.00581. The van der Waals surface area contributed by atoms with E-state index < -0.39 is 0 Å². The van der Waals surface area contributed by atoms with Crippen molar-refractivity contribution in [3.05, 3.63) is 59.1 Å². The summed E-state index contributed by atoms with van der Waals surface area (Å²) in [5.41, 5.74) is 1.19. The van der Waals surface area contributed by atoms with Crippen LogP contribution in [0.4, 0.5) is 0 Å². The van der Waals surface area contributed by atoms with Gasteiger partial charge in [-0.2, -0.15) is 0 Å². The Balaban J connectivity index is 1.90. The van der Waals surface area contributed by atoms with Crippen LogP contribution in [0.1, 0.15) is 18.1 Å². The number of hydrogen-bond donors (Lipinski definition) is 1. The van der Waals surface area contributed by atoms with Gasteiger partial charge in [0, 0.05) is 23.6 Å². The highest BCUT2D eigenvalue weighted by Crippen LogP contribution is 2.37. The van der Waals surface area contributed by atoms with Gasteiger partial charge < -0.3 is 14.8 Å². The number of methoxy groups -OCH3 is 1. The van der Waals surface area contributed by atoms with Crippen LogP contribution in [0.15, 0.2) is 48.5 Å². The lowest BCUT2D eigenvalue weighted by Crippen LogP contribution is -2.21. The van der Waals surface area contributed by atoms with Gasteiger partial charge in [0.05, 0.1) is 7.11 Å². The van der Waals surface area contributed by atoms with Crippen LogP contribution in [-0.4, -0.2) is 20.2 Å². The maximum Gasteiger partial charge on any atom is 0.162 e. The average molecular weight is 318 g/mol. The van der Waals surface area contributed by atoms with Gasteiger partial charge in [-0.25, -0.2) is 0 Å². The van der Waals surface area contributed by atoms with Gasteiger partial charge in [0.1, 0.15) is 6.10 Å². The largest absolute Gasteiger partial charge is 0.493 e. The van der Waals surface area contributed by atoms with Crippen LogP contribution < -0.4 is 14.8 Å². The maximum absolute atomic E-state index is 6.34. The Bertz CT molecular complexity index is 612. The van der Waals surface area contributed by atoms with E-state index in [1.807, 2.05) is 30.3 Å². The van der Waals surface area contributed by atoms with Gasteiger partial charge >= 0.3 is 0 Å². The molecule has 2 atom stereocenters. The summed E-state index contributed by atoms with van der Waals surface area (Å²) in [7, 11) is 1.63. The van der Waals surface area contributed by atoms with E-state index >= 15 is 0 Å². The molecule has 0 spiro atoms. The zero-order valence-electron chi connectivity index (χ0n) is 12.6. The van der Waals surface area contributed by atoms with Gasteiger partial charge in [-0.05, 0) is 30.7 Å². The molecule has 1 N–H and O–H groups in total. The zero-order chi connectivity index (χ0) is 15.4. The molecule has 2 aromatic rings. The summed E-state index contributed by atoms with van der Waals surface area (Å²) in [5, 5.41) is 4.06. The molecule has 1 aliphatic rings. The monoisotopic (exact) mass is 317 g/mol. The Morgan fingerprint density at radius 1 is 1.14 bits per heavy atom. The fourth-order valence-corrected chi connectivity index (χ4v) is 3.05. The summed E-state index contributed by atoms with van der Waals surface area (Å²) in [6, 6.07) is 15.8. The Hall–Kier alpha value is -1.71. The number of benzene rings is 2. The van der Waals surface area contributed by atoms with E-state index in [4.69, 9.17) is 21.1 Å². The molecule has 0 aromatic heterocycles. The van der Waals surface area contributed by atoms with Crippen LogP contribution in [-0.2, 0) is 0 Å². The first-order valence-electron chi connectivity index (χ1n) is 7.54. The van der Waals surface area contributed by atoms with Crippen LogP contribution in [0.2, 0.25) is 5.02 Å². The van der Waals surface area contributed by atoms with E-state index in [0.29, 0.717) is 16.7 Å². The van der Waals surface area contributed by atoms with Crippen molar-refractivity contribution < 1.29 is 9.47 Å². The van der Waals surface area contributed by atoms with Crippen molar-refractivity contribution in [3.63, 3.8) is 0 Å². The van der Waals surface area contributed by atoms with E-state index in [-0.39, 0.29) is 6.10 Å². The third-order valence-electron chi connectivity index (χ3n) is 4.03. The van der Waals surface area contributed by atoms with E-state index in [2.05, 4.69) is 17.4 Å². The summed E-state index contributed by atoms with van der Waals surface area (Å²) in [4.78, 5) is 0. The lowest BCUT2D eigenvalue weighted by Gasteiger charge is -2.25. The predicted octanol–water partition coefficient (Wildman–Crippen LogP) is 4.08. The second kappa shape index (κ2) is 7.03. The Labute approximate surface area is 136 Å². The fourth-order valence-electron chi connectivity index (χ4n) is 2.89. The molecule has 0 bridgehead atoms. The minimum Gasteiger partial charge on any atom is -0.493 e. The highest BCUT2D eigenvalue weighted by atomic mass is 35.5. The molecule has 1 heterocycles. The predicted molar refractivity (Wildman–Crippen MR) is 88.8 cm³/mol. The molecular weight excluding hydrogens is 298 g/mol. The van der Waals surface area contributed by atoms with Gasteiger partial charge in [0.2, 0.25) is 0 Å². The molecule has 0 radical (unpaired) electrons. The quantitative estimate of drug-likeness (QED) is 0.901. The van der Waals surface area contributed by atoms with Crippen molar-refractivity contribution in [1.29, 1.82) is 0 Å². The molecule has 1 fully saturated rings. The lowest BCUT2D eigenvalue weighted by molar-refractivity contribution is 0.139. The summed E-state index contributed by atoms with van der Waals surface area (Å²) in [6.45, 7) is 2.00. The average Bonchev–Trinajstić information content (AvgIpc) is 3.08. The van der Waals surface area contributed by atoms with Gasteiger partial charge in [0.25, 0.3) is 0 Å². The molecular formula is C18H20ClNO2. The topological polar surface area (TPSA) is 30.5 Å². The van der Waals surface area contributed by atoms with Crippen molar-refractivity contribution in [3.8, 4) is 11.5 Å². The summed E-state index contributed by atoms with van der Waals surface area (Å²) >= 11 is 6.03. The number of halogens is 1. The van der Waals surface area contributed by atoms with E-state index in [0.717, 1.165) is 25.3 Å². The first-order chi connectivity index (χ1) is 10.8. The molecule has 1 saturated heterocycles. The Morgan fingerprint density at radius 3 is 2.64 bits per heavy atom. The van der Waals surface area contributed by atoms with Crippen LogP contribution >= 0.6 is 11.6 Å². The van der Waals surface area contributed by atoms with Crippen LogP contribution in [0.3, 0.4) is 0 Å². The molecule has 3 rings (SSSR count). The number of ether oxygens (including phenoxy) is 2. The van der Waals surface area contributed by atoms with Crippen LogP contribution in [0.25, 0.3) is 0 Å². The van der Waals surface area contributed by atoms with Crippen LogP contribution in [0.5, 0.6) is 11.5 Å².